The minimum absolute atomic E-state index is 0.282. The van der Waals surface area contributed by atoms with Gasteiger partial charge in [0.25, 0.3) is 0 Å². The van der Waals surface area contributed by atoms with Crippen molar-refractivity contribution < 1.29 is 15.0 Å². The molecule has 0 radical (unpaired) electrons. The number of hydrogen-bond acceptors (Lipinski definition) is 5. The van der Waals surface area contributed by atoms with Crippen LogP contribution in [0.1, 0.15) is 60.6 Å². The van der Waals surface area contributed by atoms with Crippen LogP contribution in [0.15, 0.2) is 17.5 Å². The third-order valence-electron chi connectivity index (χ3n) is 6.22. The number of aromatic hydroxyl groups is 1. The molecule has 2 aliphatic rings. The lowest BCUT2D eigenvalue weighted by molar-refractivity contribution is -0.137. The number of benzene rings is 1. The number of nitrogens with zero attached hydrogens (tertiary/aromatic N) is 1. The molecule has 6 heteroatoms. The van der Waals surface area contributed by atoms with E-state index in [2.05, 4.69) is 16.8 Å². The molecule has 1 aromatic carbocycles. The Labute approximate surface area is 169 Å². The van der Waals surface area contributed by atoms with Gasteiger partial charge in [-0.25, -0.2) is 4.98 Å². The number of rotatable bonds is 5. The Morgan fingerprint density at radius 3 is 2.57 bits per heavy atom. The van der Waals surface area contributed by atoms with E-state index in [4.69, 9.17) is 10.1 Å². The van der Waals surface area contributed by atoms with Crippen LogP contribution in [0.3, 0.4) is 0 Å². The second-order valence-electron chi connectivity index (χ2n) is 8.11. The number of fused-ring (bicyclic) bond motifs is 1. The van der Waals surface area contributed by atoms with E-state index >= 15 is 0 Å². The van der Waals surface area contributed by atoms with E-state index in [1.165, 1.54) is 11.1 Å². The van der Waals surface area contributed by atoms with Crippen LogP contribution >= 0.6 is 11.3 Å². The van der Waals surface area contributed by atoms with Gasteiger partial charge >= 0.3 is 5.97 Å². The zero-order chi connectivity index (χ0) is 19.5. The molecule has 0 saturated heterocycles. The third-order valence-corrected chi connectivity index (χ3v) is 7.23. The number of phenolic OH excluding ortho intramolecular Hbond substituents is 1. The molecule has 0 amide bonds. The topological polar surface area (TPSA) is 82.5 Å². The van der Waals surface area contributed by atoms with Gasteiger partial charge in [0, 0.05) is 23.3 Å². The van der Waals surface area contributed by atoms with E-state index in [0.29, 0.717) is 17.6 Å². The Kier molecular flexibility index (Phi) is 5.97. The van der Waals surface area contributed by atoms with Crippen LogP contribution in [0.25, 0.3) is 11.3 Å². The van der Waals surface area contributed by atoms with Crippen molar-refractivity contribution in [3.8, 4) is 17.0 Å². The molecule has 4 rings (SSSR count). The number of phenols is 1. The number of carboxylic acid groups (broad SMARTS) is 1. The molecule has 2 heterocycles. The zero-order valence-corrected chi connectivity index (χ0v) is 16.9. The molecule has 1 fully saturated rings. The van der Waals surface area contributed by atoms with E-state index in [1.807, 2.05) is 6.07 Å². The maximum Gasteiger partial charge on any atom is 0.303 e. The molecular weight excluding hydrogens is 372 g/mol. The summed E-state index contributed by atoms with van der Waals surface area (Å²) >= 11 is 1.69. The van der Waals surface area contributed by atoms with Gasteiger partial charge in [-0.05, 0) is 87.2 Å². The second-order valence-corrected chi connectivity index (χ2v) is 9.00. The largest absolute Gasteiger partial charge is 0.507 e. The first-order valence-corrected chi connectivity index (χ1v) is 11.2. The summed E-state index contributed by atoms with van der Waals surface area (Å²) < 4.78 is 0. The van der Waals surface area contributed by atoms with Gasteiger partial charge < -0.3 is 15.5 Å². The zero-order valence-electron chi connectivity index (χ0n) is 16.1. The highest BCUT2D eigenvalue weighted by atomic mass is 32.1. The molecule has 28 heavy (non-hydrogen) atoms. The fraction of sp³-hybridized carbons (Fsp3) is 0.545. The second kappa shape index (κ2) is 8.62. The van der Waals surface area contributed by atoms with Gasteiger partial charge in [0.1, 0.15) is 5.75 Å². The van der Waals surface area contributed by atoms with Crippen molar-refractivity contribution in [1.29, 1.82) is 0 Å². The molecule has 1 aliphatic carbocycles. The summed E-state index contributed by atoms with van der Waals surface area (Å²) in [6, 6.07) is 4.05. The molecule has 0 unspecified atom stereocenters. The van der Waals surface area contributed by atoms with Gasteiger partial charge in [0.05, 0.1) is 10.7 Å². The summed E-state index contributed by atoms with van der Waals surface area (Å²) in [5, 5.41) is 26.1. The molecule has 0 spiro atoms. The molecule has 0 bridgehead atoms. The maximum absolute atomic E-state index is 10.8. The first kappa shape index (κ1) is 19.4. The van der Waals surface area contributed by atoms with Crippen molar-refractivity contribution in [2.75, 3.05) is 13.1 Å². The number of carboxylic acids is 1. The van der Waals surface area contributed by atoms with Crippen molar-refractivity contribution in [3.63, 3.8) is 0 Å². The van der Waals surface area contributed by atoms with Gasteiger partial charge in [-0.15, -0.1) is 11.3 Å². The van der Waals surface area contributed by atoms with Crippen LogP contribution in [-0.4, -0.2) is 34.3 Å². The quantitative estimate of drug-likeness (QED) is 0.695. The number of hydrogen-bond donors (Lipinski definition) is 3. The van der Waals surface area contributed by atoms with Crippen LogP contribution < -0.4 is 5.32 Å². The van der Waals surface area contributed by atoms with Crippen molar-refractivity contribution in [3.05, 3.63) is 33.6 Å². The first-order valence-electron chi connectivity index (χ1n) is 10.3. The number of aliphatic carboxylic acids is 1. The van der Waals surface area contributed by atoms with Gasteiger partial charge in [-0.2, -0.15) is 0 Å². The van der Waals surface area contributed by atoms with Crippen LogP contribution in [0.5, 0.6) is 5.75 Å². The Morgan fingerprint density at radius 1 is 1.14 bits per heavy atom. The lowest BCUT2D eigenvalue weighted by atomic mass is 9.80. The smallest absolute Gasteiger partial charge is 0.303 e. The molecule has 1 aliphatic heterocycles. The van der Waals surface area contributed by atoms with Crippen LogP contribution in [0.2, 0.25) is 0 Å². The molecular formula is C22H28N2O3S. The van der Waals surface area contributed by atoms with E-state index < -0.39 is 5.97 Å². The summed E-state index contributed by atoms with van der Waals surface area (Å²) in [6.07, 6.45) is 7.36. The minimum atomic E-state index is -0.692. The maximum atomic E-state index is 10.8. The van der Waals surface area contributed by atoms with E-state index in [1.54, 1.807) is 11.3 Å². The Bertz CT molecular complexity index is 840. The molecule has 1 aromatic heterocycles. The van der Waals surface area contributed by atoms with Crippen molar-refractivity contribution in [2.45, 2.75) is 57.3 Å². The molecule has 1 saturated carbocycles. The number of nitrogens with one attached hydrogen (secondary N) is 1. The number of thiazole rings is 1. The summed E-state index contributed by atoms with van der Waals surface area (Å²) in [5.41, 5.74) is 4.27. The van der Waals surface area contributed by atoms with E-state index in [-0.39, 0.29) is 6.42 Å². The fourth-order valence-electron chi connectivity index (χ4n) is 4.54. The number of carbonyl (C=O) groups is 1. The SMILES string of the molecule is O=C(O)CC[C@H]1CC[C@H](c2nc(-c3cc4c(cc3O)CCNCC4)cs2)CC1. The van der Waals surface area contributed by atoms with Gasteiger partial charge in [0.15, 0.2) is 0 Å². The third kappa shape index (κ3) is 4.39. The number of aromatic nitrogens is 1. The lowest BCUT2D eigenvalue weighted by Crippen LogP contribution is -2.16. The Hall–Kier alpha value is -1.92. The fourth-order valence-corrected chi connectivity index (χ4v) is 5.53. The molecule has 3 N–H and O–H groups in total. The first-order chi connectivity index (χ1) is 13.6. The summed E-state index contributed by atoms with van der Waals surface area (Å²) in [7, 11) is 0. The summed E-state index contributed by atoms with van der Waals surface area (Å²) in [4.78, 5) is 15.7. The molecule has 0 atom stereocenters. The van der Waals surface area contributed by atoms with Gasteiger partial charge in [-0.3, -0.25) is 4.79 Å². The van der Waals surface area contributed by atoms with Gasteiger partial charge in [0.2, 0.25) is 0 Å². The van der Waals surface area contributed by atoms with Gasteiger partial charge in [-0.1, -0.05) is 0 Å². The van der Waals surface area contributed by atoms with Crippen LogP contribution in [0, 0.1) is 5.92 Å². The van der Waals surface area contributed by atoms with Crippen LogP contribution in [-0.2, 0) is 17.6 Å². The standard InChI is InChI=1S/C22H28N2O3S/c25-20-12-17-8-10-23-9-7-16(17)11-18(20)19-13-28-22(24-19)15-4-1-14(2-5-15)3-6-21(26)27/h11-15,23,25H,1-10H2,(H,26,27)/t14-,15-. The molecule has 5 nitrogen and oxygen atoms in total. The summed E-state index contributed by atoms with van der Waals surface area (Å²) in [5.74, 6) is 0.638. The van der Waals surface area contributed by atoms with E-state index in [0.717, 1.165) is 74.3 Å². The van der Waals surface area contributed by atoms with Crippen LogP contribution in [0.4, 0.5) is 0 Å². The minimum Gasteiger partial charge on any atom is -0.507 e. The predicted octanol–water partition coefficient (Wildman–Crippen LogP) is 4.34. The van der Waals surface area contributed by atoms with Crippen molar-refractivity contribution in [1.82, 2.24) is 10.3 Å². The predicted molar refractivity (Wildman–Crippen MR) is 111 cm³/mol. The average molecular weight is 401 g/mol. The van der Waals surface area contributed by atoms with Crippen molar-refractivity contribution in [2.24, 2.45) is 5.92 Å². The highest BCUT2D eigenvalue weighted by Crippen LogP contribution is 2.41. The Balaban J connectivity index is 1.45. The average Bonchev–Trinajstić information content (AvgIpc) is 3.06. The Morgan fingerprint density at radius 2 is 1.86 bits per heavy atom. The van der Waals surface area contributed by atoms with E-state index in [9.17, 15) is 9.90 Å². The van der Waals surface area contributed by atoms with Crippen molar-refractivity contribution >= 4 is 17.3 Å². The highest BCUT2D eigenvalue weighted by molar-refractivity contribution is 7.10. The molecule has 2 aromatic rings. The lowest BCUT2D eigenvalue weighted by Gasteiger charge is -2.26. The normalized spacial score (nSPS) is 22.4. The monoisotopic (exact) mass is 400 g/mol. The summed E-state index contributed by atoms with van der Waals surface area (Å²) in [6.45, 7) is 1.94. The highest BCUT2D eigenvalue weighted by Gasteiger charge is 2.25. The molecule has 150 valence electrons.